The molecule has 0 amide bonds. The third-order valence-corrected chi connectivity index (χ3v) is 1.47. The number of aliphatic carboxylic acids is 1. The van der Waals surface area contributed by atoms with E-state index < -0.39 is 5.97 Å². The summed E-state index contributed by atoms with van der Waals surface area (Å²) in [6, 6.07) is 0. The van der Waals surface area contributed by atoms with E-state index >= 15 is 0 Å². The summed E-state index contributed by atoms with van der Waals surface area (Å²) in [5, 5.41) is 17.1. The fraction of sp³-hybridized carbons (Fsp3) is 0.500. The van der Waals surface area contributed by atoms with E-state index in [0.29, 0.717) is 6.61 Å². The Morgan fingerprint density at radius 2 is 2.27 bits per heavy atom. The highest BCUT2D eigenvalue weighted by Crippen LogP contribution is 2.20. The molecule has 1 heterocycles. The van der Waals surface area contributed by atoms with Crippen molar-refractivity contribution in [2.75, 3.05) is 13.2 Å². The molecule has 1 fully saturated rings. The Morgan fingerprint density at radius 1 is 1.73 bits per heavy atom. The zero-order chi connectivity index (χ0) is 8.43. The Hall–Kier alpha value is -1.07. The number of nitrogens with two attached hydrogens (primary N) is 1. The van der Waals surface area contributed by atoms with Gasteiger partial charge in [-0.3, -0.25) is 0 Å². The van der Waals surface area contributed by atoms with Crippen LogP contribution in [0.15, 0.2) is 11.3 Å². The molecule has 1 unspecified atom stereocenters. The van der Waals surface area contributed by atoms with E-state index in [0.717, 1.165) is 0 Å². The lowest BCUT2D eigenvalue weighted by atomic mass is 10.1. The van der Waals surface area contributed by atoms with E-state index in [2.05, 4.69) is 0 Å². The Morgan fingerprint density at radius 3 is 2.55 bits per heavy atom. The molecule has 5 nitrogen and oxygen atoms in total. The molecule has 4 N–H and O–H groups in total. The molecule has 1 aliphatic heterocycles. The molecule has 0 radical (unpaired) electrons. The topological polar surface area (TPSA) is 96.1 Å². The summed E-state index contributed by atoms with van der Waals surface area (Å²) in [6.07, 6.45) is -0.281. The lowest BCUT2D eigenvalue weighted by Gasteiger charge is -2.01. The third-order valence-electron chi connectivity index (χ3n) is 1.47. The molecule has 0 aromatic heterocycles. The SMILES string of the molecule is N/C(C(=O)O)=C(/CO)C1CO1. The number of ether oxygens (including phenoxy) is 1. The quantitative estimate of drug-likeness (QED) is 0.350. The summed E-state index contributed by atoms with van der Waals surface area (Å²) in [4.78, 5) is 10.3. The molecule has 11 heavy (non-hydrogen) atoms. The van der Waals surface area contributed by atoms with Crippen LogP contribution in [0, 0.1) is 0 Å². The van der Waals surface area contributed by atoms with Gasteiger partial charge in [0.2, 0.25) is 0 Å². The molecule has 5 heteroatoms. The van der Waals surface area contributed by atoms with Crippen LogP contribution in [-0.2, 0) is 9.53 Å². The molecule has 0 saturated carbocycles. The molecular formula is C6H9NO4. The van der Waals surface area contributed by atoms with E-state index in [1.54, 1.807) is 0 Å². The van der Waals surface area contributed by atoms with Crippen LogP contribution in [0.25, 0.3) is 0 Å². The zero-order valence-electron chi connectivity index (χ0n) is 5.78. The molecule has 1 saturated heterocycles. The van der Waals surface area contributed by atoms with Crippen LogP contribution in [0.2, 0.25) is 0 Å². The van der Waals surface area contributed by atoms with Gasteiger partial charge in [-0.15, -0.1) is 0 Å². The van der Waals surface area contributed by atoms with E-state index in [9.17, 15) is 4.79 Å². The van der Waals surface area contributed by atoms with Crippen molar-refractivity contribution >= 4 is 5.97 Å². The van der Waals surface area contributed by atoms with Crippen molar-refractivity contribution in [2.24, 2.45) is 5.73 Å². The first-order valence-corrected chi connectivity index (χ1v) is 3.11. The molecule has 0 bridgehead atoms. The number of carbonyl (C=O) groups is 1. The molecule has 0 aliphatic carbocycles. The minimum absolute atomic E-state index is 0.262. The van der Waals surface area contributed by atoms with E-state index in [1.807, 2.05) is 0 Å². The Labute approximate surface area is 63.1 Å². The second-order valence-corrected chi connectivity index (χ2v) is 2.22. The monoisotopic (exact) mass is 159 g/mol. The van der Waals surface area contributed by atoms with Crippen molar-refractivity contribution in [1.82, 2.24) is 0 Å². The average molecular weight is 159 g/mol. The first kappa shape index (κ1) is 8.03. The van der Waals surface area contributed by atoms with E-state index in [4.69, 9.17) is 20.7 Å². The maximum atomic E-state index is 10.3. The lowest BCUT2D eigenvalue weighted by molar-refractivity contribution is -0.132. The minimum atomic E-state index is -1.22. The van der Waals surface area contributed by atoms with Crippen LogP contribution in [0.4, 0.5) is 0 Å². The summed E-state index contributed by atoms with van der Waals surface area (Å²) < 4.78 is 4.77. The predicted molar refractivity (Wildman–Crippen MR) is 35.7 cm³/mol. The summed E-state index contributed by atoms with van der Waals surface area (Å²) >= 11 is 0. The maximum Gasteiger partial charge on any atom is 0.351 e. The van der Waals surface area contributed by atoms with Crippen molar-refractivity contribution < 1.29 is 19.7 Å². The van der Waals surface area contributed by atoms with Gasteiger partial charge in [0.05, 0.1) is 13.2 Å². The smallest absolute Gasteiger partial charge is 0.351 e. The largest absolute Gasteiger partial charge is 0.477 e. The molecular weight excluding hydrogens is 150 g/mol. The number of rotatable bonds is 3. The number of carboxylic acids is 1. The fourth-order valence-electron chi connectivity index (χ4n) is 0.747. The van der Waals surface area contributed by atoms with Gasteiger partial charge in [-0.1, -0.05) is 0 Å². The molecule has 1 aliphatic rings. The Balaban J connectivity index is 2.77. The first-order chi connectivity index (χ1) is 5.16. The number of aliphatic hydroxyl groups is 1. The summed E-state index contributed by atoms with van der Waals surface area (Å²) in [6.45, 7) is 0.0900. The van der Waals surface area contributed by atoms with Gasteiger partial charge in [0.25, 0.3) is 0 Å². The van der Waals surface area contributed by atoms with Gasteiger partial charge in [-0.05, 0) is 0 Å². The van der Waals surface area contributed by atoms with Crippen LogP contribution in [0.5, 0.6) is 0 Å². The minimum Gasteiger partial charge on any atom is -0.477 e. The summed E-state index contributed by atoms with van der Waals surface area (Å²) in [5.41, 5.74) is 5.10. The van der Waals surface area contributed by atoms with Gasteiger partial charge >= 0.3 is 5.97 Å². The normalized spacial score (nSPS) is 24.3. The van der Waals surface area contributed by atoms with Crippen LogP contribution in [0.1, 0.15) is 0 Å². The van der Waals surface area contributed by atoms with Crippen LogP contribution in [-0.4, -0.2) is 35.5 Å². The van der Waals surface area contributed by atoms with E-state index in [1.165, 1.54) is 0 Å². The van der Waals surface area contributed by atoms with Crippen molar-refractivity contribution in [1.29, 1.82) is 0 Å². The number of hydrogen-bond acceptors (Lipinski definition) is 4. The number of hydrogen-bond donors (Lipinski definition) is 3. The summed E-state index contributed by atoms with van der Waals surface area (Å²) in [7, 11) is 0. The Kier molecular flexibility index (Phi) is 2.11. The van der Waals surface area contributed by atoms with Gasteiger partial charge in [0.1, 0.15) is 11.8 Å². The second-order valence-electron chi connectivity index (χ2n) is 2.22. The number of epoxide rings is 1. The van der Waals surface area contributed by atoms with Crippen LogP contribution in [0.3, 0.4) is 0 Å². The van der Waals surface area contributed by atoms with Gasteiger partial charge in [0.15, 0.2) is 0 Å². The standard InChI is InChI=1S/C6H9NO4/c7-5(6(9)10)3(1-8)4-2-11-4/h4,8H,1-2,7H2,(H,9,10)/b5-3-. The van der Waals surface area contributed by atoms with Crippen molar-refractivity contribution in [3.63, 3.8) is 0 Å². The first-order valence-electron chi connectivity index (χ1n) is 3.11. The highest BCUT2D eigenvalue weighted by atomic mass is 16.6. The summed E-state index contributed by atoms with van der Waals surface area (Å²) in [5.74, 6) is -1.22. The van der Waals surface area contributed by atoms with Gasteiger partial charge in [-0.25, -0.2) is 4.79 Å². The van der Waals surface area contributed by atoms with Crippen molar-refractivity contribution in [3.8, 4) is 0 Å². The number of carboxylic acid groups (broad SMARTS) is 1. The van der Waals surface area contributed by atoms with Crippen LogP contribution >= 0.6 is 0 Å². The lowest BCUT2D eigenvalue weighted by Crippen LogP contribution is -2.17. The second kappa shape index (κ2) is 2.89. The third kappa shape index (κ3) is 1.69. The molecule has 0 spiro atoms. The predicted octanol–water partition coefficient (Wildman–Crippen LogP) is -1.33. The maximum absolute atomic E-state index is 10.3. The highest BCUT2D eigenvalue weighted by Gasteiger charge is 2.30. The molecule has 62 valence electrons. The molecule has 0 aromatic rings. The number of aliphatic hydroxyl groups excluding tert-OH is 1. The van der Waals surface area contributed by atoms with Gasteiger partial charge in [-0.2, -0.15) is 0 Å². The molecule has 0 aromatic carbocycles. The zero-order valence-corrected chi connectivity index (χ0v) is 5.78. The average Bonchev–Trinajstić information content (AvgIpc) is 2.72. The highest BCUT2D eigenvalue weighted by molar-refractivity contribution is 5.86. The fourth-order valence-corrected chi connectivity index (χ4v) is 0.747. The van der Waals surface area contributed by atoms with E-state index in [-0.39, 0.29) is 24.0 Å². The van der Waals surface area contributed by atoms with Gasteiger partial charge in [0, 0.05) is 5.57 Å². The van der Waals surface area contributed by atoms with Gasteiger partial charge < -0.3 is 20.7 Å². The van der Waals surface area contributed by atoms with Crippen LogP contribution < -0.4 is 5.73 Å². The van der Waals surface area contributed by atoms with Crippen molar-refractivity contribution in [3.05, 3.63) is 11.3 Å². The molecule has 1 rings (SSSR count). The van der Waals surface area contributed by atoms with Crippen molar-refractivity contribution in [2.45, 2.75) is 6.10 Å². The Bertz CT molecular complexity index is 207. The molecule has 1 atom stereocenters.